The highest BCUT2D eigenvalue weighted by Gasteiger charge is 2.24. The maximum absolute atomic E-state index is 13.1. The molecule has 4 aromatic rings. The number of hydrogen-bond donors (Lipinski definition) is 1. The molecule has 0 aliphatic heterocycles. The molecule has 0 atom stereocenters. The van der Waals surface area contributed by atoms with Crippen LogP contribution in [0.2, 0.25) is 0 Å². The van der Waals surface area contributed by atoms with Gasteiger partial charge in [0.05, 0.1) is 10.3 Å². The Labute approximate surface area is 186 Å². The van der Waals surface area contributed by atoms with Crippen LogP contribution in [0.5, 0.6) is 0 Å². The van der Waals surface area contributed by atoms with Crippen LogP contribution in [-0.4, -0.2) is 23.4 Å². The first-order chi connectivity index (χ1) is 14.5. The molecule has 3 heterocycles. The van der Waals surface area contributed by atoms with Crippen molar-refractivity contribution in [1.29, 1.82) is 0 Å². The summed E-state index contributed by atoms with van der Waals surface area (Å²) in [5.74, 6) is 0.795. The molecule has 1 N–H and O–H groups in total. The van der Waals surface area contributed by atoms with Gasteiger partial charge in [-0.05, 0) is 67.6 Å². The summed E-state index contributed by atoms with van der Waals surface area (Å²) in [4.78, 5) is 15.8. The van der Waals surface area contributed by atoms with E-state index in [0.29, 0.717) is 11.6 Å². The van der Waals surface area contributed by atoms with E-state index in [2.05, 4.69) is 30.6 Å². The molecule has 0 fully saturated rings. The van der Waals surface area contributed by atoms with Crippen molar-refractivity contribution < 1.29 is 8.42 Å². The van der Waals surface area contributed by atoms with Crippen molar-refractivity contribution in [3.05, 3.63) is 63.7 Å². The lowest BCUT2D eigenvalue weighted by Crippen LogP contribution is -2.15. The molecule has 3 aromatic heterocycles. The molecule has 5 rings (SSSR count). The van der Waals surface area contributed by atoms with E-state index in [9.17, 15) is 8.42 Å². The number of pyridine rings is 1. The van der Waals surface area contributed by atoms with Gasteiger partial charge < -0.3 is 0 Å². The number of nitrogens with zero attached hydrogens (tertiary/aromatic N) is 3. The average molecular weight is 501 g/mol. The van der Waals surface area contributed by atoms with Crippen LogP contribution >= 0.6 is 27.3 Å². The maximum atomic E-state index is 13.1. The number of aryl methyl sites for hydroxylation is 2. The summed E-state index contributed by atoms with van der Waals surface area (Å²) in [6.07, 6.45) is 7.50. The Morgan fingerprint density at radius 1 is 1.03 bits per heavy atom. The van der Waals surface area contributed by atoms with Crippen molar-refractivity contribution in [2.24, 2.45) is 0 Å². The van der Waals surface area contributed by atoms with Gasteiger partial charge in [0.15, 0.2) is 11.6 Å². The lowest BCUT2D eigenvalue weighted by Gasteiger charge is -2.14. The largest absolute Gasteiger partial charge is 0.264 e. The smallest absolute Gasteiger partial charge is 0.263 e. The van der Waals surface area contributed by atoms with Crippen LogP contribution in [0, 0.1) is 0 Å². The Bertz CT molecular complexity index is 1340. The lowest BCUT2D eigenvalue weighted by molar-refractivity contribution is 0.601. The van der Waals surface area contributed by atoms with Gasteiger partial charge in [0.25, 0.3) is 10.0 Å². The Balaban J connectivity index is 1.68. The van der Waals surface area contributed by atoms with E-state index in [1.165, 1.54) is 10.4 Å². The molecular formula is C21H17BrN4O2S2. The van der Waals surface area contributed by atoms with Crippen LogP contribution in [0.3, 0.4) is 0 Å². The summed E-state index contributed by atoms with van der Waals surface area (Å²) < 4.78 is 29.7. The van der Waals surface area contributed by atoms with Crippen LogP contribution in [0.4, 0.5) is 5.82 Å². The molecule has 1 aliphatic rings. The van der Waals surface area contributed by atoms with Crippen LogP contribution in [-0.2, 0) is 22.9 Å². The van der Waals surface area contributed by atoms with E-state index in [1.807, 2.05) is 12.1 Å². The highest BCUT2D eigenvalue weighted by Crippen LogP contribution is 2.40. The van der Waals surface area contributed by atoms with Crippen LogP contribution in [0.15, 0.2) is 58.2 Å². The Morgan fingerprint density at radius 3 is 2.60 bits per heavy atom. The zero-order chi connectivity index (χ0) is 20.7. The number of sulfonamides is 1. The van der Waals surface area contributed by atoms with Gasteiger partial charge in [-0.25, -0.2) is 18.4 Å². The standard InChI is InChI=1S/C21H17BrN4O2S2/c22-14-7-9-15(10-8-14)30(27,28)26-20-18-16-5-1-2-6-17(16)29-21(18)25-19(24-20)13-4-3-11-23-12-13/h3-4,7-12H,1-2,5-6H2,(H,24,25,26). The van der Waals surface area contributed by atoms with Crippen molar-refractivity contribution in [3.63, 3.8) is 0 Å². The fourth-order valence-electron chi connectivity index (χ4n) is 3.66. The molecule has 30 heavy (non-hydrogen) atoms. The number of hydrogen-bond acceptors (Lipinski definition) is 6. The SMILES string of the molecule is O=S(=O)(Nc1nc(-c2cccnc2)nc2sc3c(c12)CCCC3)c1ccc(Br)cc1. The number of anilines is 1. The number of aromatic nitrogens is 3. The van der Waals surface area contributed by atoms with Gasteiger partial charge in [-0.1, -0.05) is 15.9 Å². The summed E-state index contributed by atoms with van der Waals surface area (Å²) >= 11 is 4.98. The number of nitrogens with one attached hydrogen (secondary N) is 1. The number of thiophene rings is 1. The second-order valence-corrected chi connectivity index (χ2v) is 10.8. The second-order valence-electron chi connectivity index (χ2n) is 7.09. The van der Waals surface area contributed by atoms with Gasteiger partial charge in [0.1, 0.15) is 4.83 Å². The summed E-state index contributed by atoms with van der Waals surface area (Å²) in [5.41, 5.74) is 1.92. The van der Waals surface area contributed by atoms with Crippen molar-refractivity contribution in [2.45, 2.75) is 30.6 Å². The predicted molar refractivity (Wildman–Crippen MR) is 122 cm³/mol. The van der Waals surface area contributed by atoms with E-state index in [-0.39, 0.29) is 4.90 Å². The van der Waals surface area contributed by atoms with E-state index in [1.54, 1.807) is 48.0 Å². The monoisotopic (exact) mass is 500 g/mol. The highest BCUT2D eigenvalue weighted by atomic mass is 79.9. The van der Waals surface area contributed by atoms with Crippen LogP contribution < -0.4 is 4.72 Å². The summed E-state index contributed by atoms with van der Waals surface area (Å²) in [7, 11) is -3.80. The molecule has 0 saturated heterocycles. The Hall–Kier alpha value is -2.36. The summed E-state index contributed by atoms with van der Waals surface area (Å²) in [6, 6.07) is 10.2. The minimum absolute atomic E-state index is 0.185. The lowest BCUT2D eigenvalue weighted by atomic mass is 9.97. The molecular weight excluding hydrogens is 484 g/mol. The zero-order valence-corrected chi connectivity index (χ0v) is 19.0. The number of halogens is 1. The number of rotatable bonds is 4. The first-order valence-electron chi connectivity index (χ1n) is 9.52. The normalized spacial score (nSPS) is 13.9. The van der Waals surface area contributed by atoms with Gasteiger partial charge in [-0.2, -0.15) is 0 Å². The van der Waals surface area contributed by atoms with Crippen LogP contribution in [0.1, 0.15) is 23.3 Å². The van der Waals surface area contributed by atoms with E-state index in [4.69, 9.17) is 4.98 Å². The van der Waals surface area contributed by atoms with Gasteiger partial charge in [0, 0.05) is 27.3 Å². The molecule has 0 unspecified atom stereocenters. The molecule has 6 nitrogen and oxygen atoms in total. The molecule has 1 aromatic carbocycles. The fourth-order valence-corrected chi connectivity index (χ4v) is 6.20. The van der Waals surface area contributed by atoms with Gasteiger partial charge in [-0.3, -0.25) is 9.71 Å². The molecule has 0 amide bonds. The first kappa shape index (κ1) is 19.6. The summed E-state index contributed by atoms with van der Waals surface area (Å²) in [6.45, 7) is 0. The fraction of sp³-hybridized carbons (Fsp3) is 0.190. The van der Waals surface area contributed by atoms with Crippen molar-refractivity contribution in [2.75, 3.05) is 4.72 Å². The molecule has 0 saturated carbocycles. The third-order valence-electron chi connectivity index (χ3n) is 5.09. The quantitative estimate of drug-likeness (QED) is 0.416. The molecule has 152 valence electrons. The highest BCUT2D eigenvalue weighted by molar-refractivity contribution is 9.10. The molecule has 0 spiro atoms. The second kappa shape index (κ2) is 7.72. The minimum Gasteiger partial charge on any atom is -0.264 e. The predicted octanol–water partition coefficient (Wildman–Crippen LogP) is 5.20. The number of fused-ring (bicyclic) bond motifs is 3. The van der Waals surface area contributed by atoms with Crippen molar-refractivity contribution in [3.8, 4) is 11.4 Å². The van der Waals surface area contributed by atoms with E-state index < -0.39 is 10.0 Å². The topological polar surface area (TPSA) is 84.8 Å². The Morgan fingerprint density at radius 2 is 1.83 bits per heavy atom. The zero-order valence-electron chi connectivity index (χ0n) is 15.8. The minimum atomic E-state index is -3.80. The Kier molecular flexibility index (Phi) is 5.04. The van der Waals surface area contributed by atoms with Gasteiger partial charge in [-0.15, -0.1) is 11.3 Å². The molecule has 0 bridgehead atoms. The average Bonchev–Trinajstić information content (AvgIpc) is 3.13. The first-order valence-corrected chi connectivity index (χ1v) is 12.6. The molecule has 9 heteroatoms. The van der Waals surface area contributed by atoms with Gasteiger partial charge >= 0.3 is 0 Å². The molecule has 0 radical (unpaired) electrons. The summed E-state index contributed by atoms with van der Waals surface area (Å²) in [5, 5.41) is 0.822. The molecule has 1 aliphatic carbocycles. The van der Waals surface area contributed by atoms with Crippen molar-refractivity contribution >= 4 is 53.3 Å². The van der Waals surface area contributed by atoms with E-state index >= 15 is 0 Å². The number of benzene rings is 1. The van der Waals surface area contributed by atoms with E-state index in [0.717, 1.165) is 45.9 Å². The van der Waals surface area contributed by atoms with Crippen molar-refractivity contribution in [1.82, 2.24) is 15.0 Å². The third-order valence-corrected chi connectivity index (χ3v) is 8.16. The maximum Gasteiger partial charge on any atom is 0.263 e. The van der Waals surface area contributed by atoms with Crippen LogP contribution in [0.25, 0.3) is 21.6 Å². The third kappa shape index (κ3) is 3.61. The van der Waals surface area contributed by atoms with Gasteiger partial charge in [0.2, 0.25) is 0 Å².